The predicted molar refractivity (Wildman–Crippen MR) is 39.8 cm³/mol. The molecular formula is C5H4N5S. The van der Waals surface area contributed by atoms with E-state index in [1.165, 1.54) is 16.4 Å². The summed E-state index contributed by atoms with van der Waals surface area (Å²) in [6, 6.07) is 1.82. The minimum atomic E-state index is 0.646. The van der Waals surface area contributed by atoms with Gasteiger partial charge in [0.2, 0.25) is 5.65 Å². The zero-order valence-corrected chi connectivity index (χ0v) is 6.32. The van der Waals surface area contributed by atoms with Gasteiger partial charge in [-0.15, -0.1) is 21.5 Å². The highest BCUT2D eigenvalue weighted by Gasteiger charge is 2.02. The molecule has 11 heavy (non-hydrogen) atoms. The smallest absolute Gasteiger partial charge is 0.155 e. The van der Waals surface area contributed by atoms with E-state index in [0.717, 1.165) is 4.90 Å². The molecule has 0 N–H and O–H groups in total. The molecule has 1 radical (unpaired) electrons. The summed E-state index contributed by atoms with van der Waals surface area (Å²) in [4.78, 5) is 0.921. The Bertz CT molecular complexity index is 370. The lowest BCUT2D eigenvalue weighted by Crippen LogP contribution is -1.93. The van der Waals surface area contributed by atoms with Crippen LogP contribution in [0.15, 0.2) is 17.2 Å². The highest BCUT2D eigenvalue weighted by Crippen LogP contribution is 2.17. The Morgan fingerprint density at radius 2 is 2.45 bits per heavy atom. The Morgan fingerprint density at radius 1 is 1.55 bits per heavy atom. The number of rotatable bonds is 1. The standard InChI is InChI=1S/C5H4N5S/c1-11-4-2-3-6-10-5(4)7-8-9-10/h2-3H,1H2. The molecule has 0 atom stereocenters. The van der Waals surface area contributed by atoms with E-state index in [0.29, 0.717) is 5.65 Å². The monoisotopic (exact) mass is 166 g/mol. The van der Waals surface area contributed by atoms with E-state index >= 15 is 0 Å². The number of thioether (sulfide) groups is 1. The molecule has 0 aromatic carbocycles. The third-order valence-corrected chi connectivity index (χ3v) is 1.86. The van der Waals surface area contributed by atoms with Crippen LogP contribution in [0, 0.1) is 6.26 Å². The Balaban J connectivity index is 2.79. The summed E-state index contributed by atoms with van der Waals surface area (Å²) in [6.45, 7) is 0. The summed E-state index contributed by atoms with van der Waals surface area (Å²) in [5, 5.41) is 14.8. The fourth-order valence-electron chi connectivity index (χ4n) is 0.760. The molecule has 0 aliphatic heterocycles. The zero-order valence-electron chi connectivity index (χ0n) is 5.51. The van der Waals surface area contributed by atoms with Crippen LogP contribution in [0.4, 0.5) is 0 Å². The van der Waals surface area contributed by atoms with Crippen LogP contribution in [0.5, 0.6) is 0 Å². The van der Waals surface area contributed by atoms with Gasteiger partial charge in [0.15, 0.2) is 0 Å². The van der Waals surface area contributed by atoms with E-state index in [9.17, 15) is 0 Å². The maximum Gasteiger partial charge on any atom is 0.213 e. The van der Waals surface area contributed by atoms with E-state index in [1.807, 2.05) is 6.07 Å². The zero-order chi connectivity index (χ0) is 7.68. The van der Waals surface area contributed by atoms with Crippen LogP contribution in [0.25, 0.3) is 5.65 Å². The van der Waals surface area contributed by atoms with Crippen LogP contribution in [0.1, 0.15) is 0 Å². The number of hydrogen-bond donors (Lipinski definition) is 0. The third-order valence-electron chi connectivity index (χ3n) is 1.23. The highest BCUT2D eigenvalue weighted by molar-refractivity contribution is 8.00. The van der Waals surface area contributed by atoms with Crippen molar-refractivity contribution in [1.29, 1.82) is 0 Å². The molecule has 0 unspecified atom stereocenters. The average molecular weight is 166 g/mol. The largest absolute Gasteiger partial charge is 0.213 e. The van der Waals surface area contributed by atoms with E-state index in [-0.39, 0.29) is 0 Å². The first-order valence-corrected chi connectivity index (χ1v) is 3.86. The van der Waals surface area contributed by atoms with E-state index in [4.69, 9.17) is 0 Å². The number of aromatic nitrogens is 5. The summed E-state index contributed by atoms with van der Waals surface area (Å²) in [7, 11) is 0. The van der Waals surface area contributed by atoms with Gasteiger partial charge in [-0.05, 0) is 16.5 Å². The van der Waals surface area contributed by atoms with Crippen molar-refractivity contribution >= 4 is 17.4 Å². The molecule has 0 bridgehead atoms. The lowest BCUT2D eigenvalue weighted by Gasteiger charge is -1.93. The molecule has 0 fully saturated rings. The fourth-order valence-corrected chi connectivity index (χ4v) is 1.17. The van der Waals surface area contributed by atoms with Crippen molar-refractivity contribution in [3.8, 4) is 0 Å². The van der Waals surface area contributed by atoms with Crippen molar-refractivity contribution < 1.29 is 0 Å². The first-order chi connectivity index (χ1) is 5.42. The van der Waals surface area contributed by atoms with Gasteiger partial charge in [-0.2, -0.15) is 5.10 Å². The van der Waals surface area contributed by atoms with Crippen LogP contribution < -0.4 is 0 Å². The highest BCUT2D eigenvalue weighted by atomic mass is 32.2. The average Bonchev–Trinajstić information content (AvgIpc) is 2.50. The molecule has 2 aromatic rings. The van der Waals surface area contributed by atoms with Crippen molar-refractivity contribution in [2.24, 2.45) is 0 Å². The second-order valence-electron chi connectivity index (χ2n) is 1.83. The molecule has 2 rings (SSSR count). The summed E-state index contributed by atoms with van der Waals surface area (Å²) < 4.78 is 1.37. The van der Waals surface area contributed by atoms with Crippen LogP contribution in [-0.4, -0.2) is 25.3 Å². The first kappa shape index (κ1) is 6.53. The van der Waals surface area contributed by atoms with Crippen LogP contribution >= 0.6 is 11.8 Å². The Hall–Kier alpha value is -1.17. The topological polar surface area (TPSA) is 56.0 Å². The lowest BCUT2D eigenvalue weighted by molar-refractivity contribution is 0.729. The maximum atomic E-state index is 3.89. The van der Waals surface area contributed by atoms with E-state index in [1.54, 1.807) is 6.20 Å². The third kappa shape index (κ3) is 0.949. The minimum absolute atomic E-state index is 0.646. The van der Waals surface area contributed by atoms with Gasteiger partial charge in [-0.3, -0.25) is 0 Å². The number of nitrogens with zero attached hydrogens (tertiary/aromatic N) is 5. The van der Waals surface area contributed by atoms with Crippen LogP contribution in [0.2, 0.25) is 0 Å². The van der Waals surface area contributed by atoms with Gasteiger partial charge >= 0.3 is 0 Å². The fraction of sp³-hybridized carbons (Fsp3) is 0. The molecule has 0 spiro atoms. The lowest BCUT2D eigenvalue weighted by atomic mass is 10.6. The van der Waals surface area contributed by atoms with Gasteiger partial charge in [0, 0.05) is 6.26 Å². The number of hydrogen-bond acceptors (Lipinski definition) is 5. The van der Waals surface area contributed by atoms with Gasteiger partial charge in [0.25, 0.3) is 0 Å². The molecule has 5 nitrogen and oxygen atoms in total. The van der Waals surface area contributed by atoms with Crippen LogP contribution in [0.3, 0.4) is 0 Å². The summed E-state index contributed by atoms with van der Waals surface area (Å²) in [5.41, 5.74) is 0.646. The minimum Gasteiger partial charge on any atom is -0.155 e. The van der Waals surface area contributed by atoms with E-state index in [2.05, 4.69) is 26.9 Å². The molecule has 0 saturated carbocycles. The molecular weight excluding hydrogens is 162 g/mol. The molecule has 2 aromatic heterocycles. The Labute approximate surface area is 66.8 Å². The van der Waals surface area contributed by atoms with Gasteiger partial charge < -0.3 is 0 Å². The Morgan fingerprint density at radius 3 is 3.27 bits per heavy atom. The summed E-state index contributed by atoms with van der Waals surface area (Å²) in [6.07, 6.45) is 5.30. The molecule has 55 valence electrons. The molecule has 0 aliphatic rings. The van der Waals surface area contributed by atoms with Gasteiger partial charge in [0.1, 0.15) is 0 Å². The Kier molecular flexibility index (Phi) is 1.46. The second-order valence-corrected chi connectivity index (χ2v) is 2.56. The summed E-state index contributed by atoms with van der Waals surface area (Å²) in [5.74, 6) is 0. The molecule has 0 saturated heterocycles. The number of tetrazole rings is 1. The van der Waals surface area contributed by atoms with Crippen molar-refractivity contribution in [3.63, 3.8) is 0 Å². The second kappa shape index (κ2) is 2.46. The quantitative estimate of drug-likeness (QED) is 0.574. The normalized spacial score (nSPS) is 10.6. The van der Waals surface area contributed by atoms with Gasteiger partial charge in [0.05, 0.1) is 11.1 Å². The van der Waals surface area contributed by atoms with Crippen molar-refractivity contribution in [2.45, 2.75) is 4.90 Å². The van der Waals surface area contributed by atoms with E-state index < -0.39 is 0 Å². The SMILES string of the molecule is [CH2]Sc1ccnn2nnnc12. The predicted octanol–water partition coefficient (Wildman–Crippen LogP) is 0.403. The summed E-state index contributed by atoms with van der Waals surface area (Å²) >= 11 is 1.35. The van der Waals surface area contributed by atoms with Crippen LogP contribution in [-0.2, 0) is 0 Å². The molecule has 2 heterocycles. The maximum absolute atomic E-state index is 3.89. The molecule has 6 heteroatoms. The first-order valence-electron chi connectivity index (χ1n) is 2.87. The van der Waals surface area contributed by atoms with Crippen molar-refractivity contribution in [1.82, 2.24) is 25.3 Å². The van der Waals surface area contributed by atoms with Gasteiger partial charge in [-0.1, -0.05) is 0 Å². The number of fused-ring (bicyclic) bond motifs is 1. The molecule has 0 amide bonds. The van der Waals surface area contributed by atoms with Gasteiger partial charge in [-0.25, -0.2) is 0 Å². The van der Waals surface area contributed by atoms with Crippen molar-refractivity contribution in [2.75, 3.05) is 0 Å². The molecule has 0 aliphatic carbocycles. The van der Waals surface area contributed by atoms with Crippen molar-refractivity contribution in [3.05, 3.63) is 18.5 Å².